The number of hydrogen-bond acceptors (Lipinski definition) is 3. The number of allylic oxidation sites excluding steroid dienone is 1. The van der Waals surface area contributed by atoms with Crippen molar-refractivity contribution in [1.29, 1.82) is 0 Å². The van der Waals surface area contributed by atoms with Crippen molar-refractivity contribution >= 4 is 17.5 Å². The summed E-state index contributed by atoms with van der Waals surface area (Å²) in [6.45, 7) is 0. The smallest absolute Gasteiger partial charge is 0.189 e. The fourth-order valence-electron chi connectivity index (χ4n) is 1.83. The summed E-state index contributed by atoms with van der Waals surface area (Å²) in [4.78, 5) is 14.0. The first-order valence-electron chi connectivity index (χ1n) is 6.36. The highest BCUT2D eigenvalue weighted by Gasteiger charge is 2.10. The number of aromatic hydroxyl groups is 1. The van der Waals surface area contributed by atoms with Gasteiger partial charge in [0, 0.05) is 19.8 Å². The number of phenolic OH excluding ortho intramolecular Hbond substituents is 1. The summed E-state index contributed by atoms with van der Waals surface area (Å²) in [5, 5.41) is 9.81. The number of ketones is 1. The third kappa shape index (κ3) is 3.26. The molecule has 0 aliphatic heterocycles. The van der Waals surface area contributed by atoms with Gasteiger partial charge in [0.15, 0.2) is 5.78 Å². The number of nitrogens with zero attached hydrogens (tertiary/aromatic N) is 1. The van der Waals surface area contributed by atoms with Gasteiger partial charge in [-0.3, -0.25) is 4.79 Å². The van der Waals surface area contributed by atoms with E-state index in [-0.39, 0.29) is 11.5 Å². The molecule has 0 saturated heterocycles. The fourth-order valence-corrected chi connectivity index (χ4v) is 1.83. The normalized spacial score (nSPS) is 10.7. The molecule has 0 atom stereocenters. The van der Waals surface area contributed by atoms with Crippen LogP contribution in [0.5, 0.6) is 5.75 Å². The molecular weight excluding hydrogens is 250 g/mol. The van der Waals surface area contributed by atoms with E-state index in [0.29, 0.717) is 5.56 Å². The Kier molecular flexibility index (Phi) is 4.20. The molecule has 0 aromatic heterocycles. The summed E-state index contributed by atoms with van der Waals surface area (Å²) in [7, 11) is 3.78. The van der Waals surface area contributed by atoms with Crippen molar-refractivity contribution < 1.29 is 9.90 Å². The van der Waals surface area contributed by atoms with Gasteiger partial charge in [0.25, 0.3) is 0 Å². The molecule has 2 rings (SSSR count). The minimum absolute atomic E-state index is 0.00156. The average molecular weight is 267 g/mol. The van der Waals surface area contributed by atoms with Crippen LogP contribution >= 0.6 is 0 Å². The molecule has 0 aliphatic carbocycles. The Hall–Kier alpha value is -2.55. The monoisotopic (exact) mass is 267 g/mol. The largest absolute Gasteiger partial charge is 0.507 e. The molecule has 0 aliphatic rings. The number of rotatable bonds is 4. The SMILES string of the molecule is CN(C)c1ccc(O)c(C(=O)/C=C/c2ccccc2)c1. The first-order chi connectivity index (χ1) is 9.58. The predicted molar refractivity (Wildman–Crippen MR) is 82.2 cm³/mol. The van der Waals surface area contributed by atoms with Crippen LogP contribution in [-0.4, -0.2) is 25.0 Å². The van der Waals surface area contributed by atoms with E-state index < -0.39 is 0 Å². The molecule has 2 aromatic rings. The second-order valence-corrected chi connectivity index (χ2v) is 4.70. The van der Waals surface area contributed by atoms with Crippen LogP contribution in [0.25, 0.3) is 6.08 Å². The van der Waals surface area contributed by atoms with Gasteiger partial charge in [-0.1, -0.05) is 36.4 Å². The van der Waals surface area contributed by atoms with Crippen LogP contribution < -0.4 is 4.90 Å². The summed E-state index contributed by atoms with van der Waals surface area (Å²) in [6, 6.07) is 14.6. The first kappa shape index (κ1) is 13.9. The van der Waals surface area contributed by atoms with E-state index in [2.05, 4.69) is 0 Å². The lowest BCUT2D eigenvalue weighted by Crippen LogP contribution is -2.09. The Morgan fingerprint density at radius 1 is 1.10 bits per heavy atom. The quantitative estimate of drug-likeness (QED) is 0.682. The number of benzene rings is 2. The molecule has 0 radical (unpaired) electrons. The third-order valence-electron chi connectivity index (χ3n) is 2.99. The topological polar surface area (TPSA) is 40.5 Å². The number of carbonyl (C=O) groups is 1. The summed E-state index contributed by atoms with van der Waals surface area (Å²) in [6.07, 6.45) is 3.22. The maximum Gasteiger partial charge on any atom is 0.189 e. The number of carbonyl (C=O) groups excluding carboxylic acids is 1. The van der Waals surface area contributed by atoms with Gasteiger partial charge in [0.2, 0.25) is 0 Å². The summed E-state index contributed by atoms with van der Waals surface area (Å²) in [5.74, 6) is -0.214. The molecular formula is C17H17NO2. The molecule has 102 valence electrons. The third-order valence-corrected chi connectivity index (χ3v) is 2.99. The Labute approximate surface area is 118 Å². The summed E-state index contributed by atoms with van der Waals surface area (Å²) in [5.41, 5.74) is 2.13. The molecule has 0 heterocycles. The molecule has 0 fully saturated rings. The van der Waals surface area contributed by atoms with Gasteiger partial charge in [-0.25, -0.2) is 0 Å². The Morgan fingerprint density at radius 3 is 2.45 bits per heavy atom. The number of anilines is 1. The van der Waals surface area contributed by atoms with Crippen LogP contribution in [0.3, 0.4) is 0 Å². The predicted octanol–water partition coefficient (Wildman–Crippen LogP) is 3.35. The van der Waals surface area contributed by atoms with Gasteiger partial charge in [-0.15, -0.1) is 0 Å². The van der Waals surface area contributed by atoms with Gasteiger partial charge in [0.1, 0.15) is 5.75 Å². The van der Waals surface area contributed by atoms with Crippen LogP contribution in [0, 0.1) is 0 Å². The lowest BCUT2D eigenvalue weighted by atomic mass is 10.1. The highest BCUT2D eigenvalue weighted by molar-refractivity contribution is 6.09. The molecule has 2 aromatic carbocycles. The van der Waals surface area contributed by atoms with Crippen molar-refractivity contribution in [3.8, 4) is 5.75 Å². The minimum atomic E-state index is -0.213. The van der Waals surface area contributed by atoms with E-state index in [4.69, 9.17) is 0 Å². The molecule has 0 saturated carbocycles. The van der Waals surface area contributed by atoms with Crippen molar-refractivity contribution in [2.75, 3.05) is 19.0 Å². The Bertz CT molecular complexity index is 631. The zero-order chi connectivity index (χ0) is 14.5. The van der Waals surface area contributed by atoms with Gasteiger partial charge in [0.05, 0.1) is 5.56 Å². The average Bonchev–Trinajstić information content (AvgIpc) is 2.46. The van der Waals surface area contributed by atoms with E-state index in [1.54, 1.807) is 24.3 Å². The van der Waals surface area contributed by atoms with Gasteiger partial charge >= 0.3 is 0 Å². The molecule has 0 bridgehead atoms. The van der Waals surface area contributed by atoms with E-state index in [1.807, 2.05) is 49.3 Å². The van der Waals surface area contributed by atoms with Crippen molar-refractivity contribution in [2.45, 2.75) is 0 Å². The van der Waals surface area contributed by atoms with Crippen LogP contribution in [0.4, 0.5) is 5.69 Å². The maximum atomic E-state index is 12.1. The number of phenols is 1. The van der Waals surface area contributed by atoms with Crippen LogP contribution in [0.1, 0.15) is 15.9 Å². The lowest BCUT2D eigenvalue weighted by molar-refractivity contribution is 0.104. The van der Waals surface area contributed by atoms with Gasteiger partial charge in [-0.05, 0) is 29.8 Å². The van der Waals surface area contributed by atoms with E-state index in [9.17, 15) is 9.90 Å². The zero-order valence-corrected chi connectivity index (χ0v) is 11.6. The van der Waals surface area contributed by atoms with Crippen LogP contribution in [0.15, 0.2) is 54.6 Å². The second-order valence-electron chi connectivity index (χ2n) is 4.70. The highest BCUT2D eigenvalue weighted by Crippen LogP contribution is 2.24. The number of hydrogen-bond donors (Lipinski definition) is 1. The standard InChI is InChI=1S/C17H17NO2/c1-18(2)14-9-11-17(20)15(12-14)16(19)10-8-13-6-4-3-5-7-13/h3-12,20H,1-2H3/b10-8+. The molecule has 0 amide bonds. The molecule has 3 nitrogen and oxygen atoms in total. The van der Waals surface area contributed by atoms with Crippen molar-refractivity contribution in [3.63, 3.8) is 0 Å². The van der Waals surface area contributed by atoms with E-state index in [1.165, 1.54) is 6.08 Å². The fraction of sp³-hybridized carbons (Fsp3) is 0.118. The summed E-state index contributed by atoms with van der Waals surface area (Å²) < 4.78 is 0. The van der Waals surface area contributed by atoms with Crippen molar-refractivity contribution in [1.82, 2.24) is 0 Å². The van der Waals surface area contributed by atoms with Crippen LogP contribution in [-0.2, 0) is 0 Å². The van der Waals surface area contributed by atoms with E-state index >= 15 is 0 Å². The molecule has 20 heavy (non-hydrogen) atoms. The van der Waals surface area contributed by atoms with Crippen molar-refractivity contribution in [3.05, 3.63) is 65.7 Å². The second kappa shape index (κ2) is 6.06. The molecule has 0 unspecified atom stereocenters. The lowest BCUT2D eigenvalue weighted by Gasteiger charge is -2.13. The van der Waals surface area contributed by atoms with Gasteiger partial charge in [-0.2, -0.15) is 0 Å². The molecule has 1 N–H and O–H groups in total. The summed E-state index contributed by atoms with van der Waals surface area (Å²) >= 11 is 0. The van der Waals surface area contributed by atoms with Crippen molar-refractivity contribution in [2.24, 2.45) is 0 Å². The Balaban J connectivity index is 2.25. The first-order valence-corrected chi connectivity index (χ1v) is 6.36. The van der Waals surface area contributed by atoms with Crippen LogP contribution in [0.2, 0.25) is 0 Å². The van der Waals surface area contributed by atoms with E-state index in [0.717, 1.165) is 11.3 Å². The molecule has 0 spiro atoms. The minimum Gasteiger partial charge on any atom is -0.507 e. The highest BCUT2D eigenvalue weighted by atomic mass is 16.3. The Morgan fingerprint density at radius 2 is 1.80 bits per heavy atom. The van der Waals surface area contributed by atoms with Gasteiger partial charge < -0.3 is 10.0 Å². The zero-order valence-electron chi connectivity index (χ0n) is 11.6. The molecule has 3 heteroatoms. The maximum absolute atomic E-state index is 12.1.